The topological polar surface area (TPSA) is 117 Å². The number of carbonyl (C=O) groups excluding carboxylic acids is 2. The number of hydrogen-bond acceptors (Lipinski definition) is 4. The number of hydrogen-bond donors (Lipinski definition) is 4. The van der Waals surface area contributed by atoms with Gasteiger partial charge in [0.05, 0.1) is 13.0 Å². The first-order chi connectivity index (χ1) is 19.9. The van der Waals surface area contributed by atoms with E-state index >= 15 is 0 Å². The second-order valence-electron chi connectivity index (χ2n) is 9.66. The zero-order valence-electron chi connectivity index (χ0n) is 22.8. The molecule has 0 aliphatic rings. The lowest BCUT2D eigenvalue weighted by Crippen LogP contribution is -2.43. The predicted molar refractivity (Wildman–Crippen MR) is 159 cm³/mol. The number of benzene rings is 4. The van der Waals surface area contributed by atoms with Gasteiger partial charge in [-0.2, -0.15) is 0 Å². The lowest BCUT2D eigenvalue weighted by atomic mass is 10.0. The SMILES string of the molecule is Cc1ccccc1NC(=O)Nc1ccc(CCOc2ccc(CC(NC(=O)Cc3ccccc3)C(=O)O)cc2)cc1. The van der Waals surface area contributed by atoms with E-state index in [1.807, 2.05) is 85.8 Å². The number of amides is 3. The number of anilines is 2. The third-order valence-electron chi connectivity index (χ3n) is 6.47. The number of aryl methyl sites for hydroxylation is 1. The molecule has 1 unspecified atom stereocenters. The smallest absolute Gasteiger partial charge is 0.326 e. The standard InChI is InChI=1S/C33H33N3O5/c1-23-7-5-6-10-29(23)36-33(40)34-27-15-11-24(12-16-27)19-20-41-28-17-13-26(14-18-28)21-30(32(38)39)35-31(37)22-25-8-3-2-4-9-25/h2-18,30H,19-22H2,1H3,(H,35,37)(H,38,39)(H2,34,36,40). The lowest BCUT2D eigenvalue weighted by Gasteiger charge is -2.15. The van der Waals surface area contributed by atoms with Crippen LogP contribution in [0.1, 0.15) is 22.3 Å². The van der Waals surface area contributed by atoms with Crippen molar-refractivity contribution in [3.63, 3.8) is 0 Å². The second kappa shape index (κ2) is 14.3. The molecule has 41 heavy (non-hydrogen) atoms. The van der Waals surface area contributed by atoms with Crippen molar-refractivity contribution in [1.82, 2.24) is 5.32 Å². The Bertz CT molecular complexity index is 1450. The number of aliphatic carboxylic acids is 1. The van der Waals surface area contributed by atoms with Gasteiger partial charge in [-0.25, -0.2) is 9.59 Å². The number of ether oxygens (including phenoxy) is 1. The van der Waals surface area contributed by atoms with Crippen molar-refractivity contribution in [3.05, 3.63) is 125 Å². The maximum Gasteiger partial charge on any atom is 0.326 e. The molecule has 1 atom stereocenters. The van der Waals surface area contributed by atoms with Gasteiger partial charge in [0.1, 0.15) is 11.8 Å². The van der Waals surface area contributed by atoms with E-state index in [2.05, 4.69) is 16.0 Å². The summed E-state index contributed by atoms with van der Waals surface area (Å²) in [5, 5.41) is 17.9. The van der Waals surface area contributed by atoms with Crippen molar-refractivity contribution >= 4 is 29.3 Å². The van der Waals surface area contributed by atoms with Gasteiger partial charge < -0.3 is 25.8 Å². The molecule has 4 aromatic carbocycles. The van der Waals surface area contributed by atoms with E-state index in [0.29, 0.717) is 24.5 Å². The summed E-state index contributed by atoms with van der Waals surface area (Å²) in [6, 6.07) is 30.2. The third-order valence-corrected chi connectivity index (χ3v) is 6.47. The zero-order valence-corrected chi connectivity index (χ0v) is 22.8. The fraction of sp³-hybridized carbons (Fsp3) is 0.182. The first-order valence-corrected chi connectivity index (χ1v) is 13.4. The fourth-order valence-electron chi connectivity index (χ4n) is 4.22. The first-order valence-electron chi connectivity index (χ1n) is 13.4. The first kappa shape index (κ1) is 28.9. The van der Waals surface area contributed by atoms with Crippen molar-refractivity contribution in [2.24, 2.45) is 0 Å². The molecule has 4 aromatic rings. The average Bonchev–Trinajstić information content (AvgIpc) is 2.96. The van der Waals surface area contributed by atoms with Crippen LogP contribution in [-0.4, -0.2) is 35.7 Å². The molecular formula is C33H33N3O5. The number of carbonyl (C=O) groups is 3. The molecule has 0 saturated carbocycles. The Hall–Kier alpha value is -5.11. The summed E-state index contributed by atoms with van der Waals surface area (Å²) in [5.74, 6) is -0.752. The highest BCUT2D eigenvalue weighted by atomic mass is 16.5. The molecule has 0 fully saturated rings. The van der Waals surface area contributed by atoms with Crippen LogP contribution in [0, 0.1) is 6.92 Å². The highest BCUT2D eigenvalue weighted by Crippen LogP contribution is 2.17. The number of carboxylic acids is 1. The maximum absolute atomic E-state index is 12.3. The minimum Gasteiger partial charge on any atom is -0.493 e. The van der Waals surface area contributed by atoms with Crippen molar-refractivity contribution in [1.29, 1.82) is 0 Å². The van der Waals surface area contributed by atoms with E-state index in [0.717, 1.165) is 27.9 Å². The molecule has 0 aromatic heterocycles. The molecular weight excluding hydrogens is 518 g/mol. The zero-order chi connectivity index (χ0) is 29.0. The molecule has 4 N–H and O–H groups in total. The predicted octanol–water partition coefficient (Wildman–Crippen LogP) is 5.62. The Morgan fingerprint density at radius 3 is 2.10 bits per heavy atom. The van der Waals surface area contributed by atoms with Gasteiger partial charge in [-0.3, -0.25) is 4.79 Å². The molecule has 0 radical (unpaired) electrons. The van der Waals surface area contributed by atoms with E-state index < -0.39 is 12.0 Å². The Morgan fingerprint density at radius 2 is 1.41 bits per heavy atom. The molecule has 210 valence electrons. The van der Waals surface area contributed by atoms with Crippen molar-refractivity contribution in [2.45, 2.75) is 32.2 Å². The van der Waals surface area contributed by atoms with Crippen LogP contribution in [-0.2, 0) is 28.9 Å². The quantitative estimate of drug-likeness (QED) is 0.183. The Labute approximate surface area is 239 Å². The molecule has 0 heterocycles. The van der Waals surface area contributed by atoms with Crippen LogP contribution in [0.5, 0.6) is 5.75 Å². The summed E-state index contributed by atoms with van der Waals surface area (Å²) < 4.78 is 5.85. The Morgan fingerprint density at radius 1 is 0.756 bits per heavy atom. The summed E-state index contributed by atoms with van der Waals surface area (Å²) in [7, 11) is 0. The second-order valence-corrected chi connectivity index (χ2v) is 9.66. The fourth-order valence-corrected chi connectivity index (χ4v) is 4.22. The number of rotatable bonds is 12. The molecule has 3 amide bonds. The summed E-state index contributed by atoms with van der Waals surface area (Å²) in [4.78, 5) is 36.4. The van der Waals surface area contributed by atoms with Gasteiger partial charge in [0, 0.05) is 24.2 Å². The maximum atomic E-state index is 12.3. The van der Waals surface area contributed by atoms with Gasteiger partial charge in [0.2, 0.25) is 5.91 Å². The van der Waals surface area contributed by atoms with Gasteiger partial charge in [-0.15, -0.1) is 0 Å². The molecule has 0 aliphatic carbocycles. The van der Waals surface area contributed by atoms with Crippen molar-refractivity contribution in [3.8, 4) is 5.75 Å². The van der Waals surface area contributed by atoms with Crippen LogP contribution in [0.2, 0.25) is 0 Å². The summed E-state index contributed by atoms with van der Waals surface area (Å²) in [6.45, 7) is 2.39. The largest absolute Gasteiger partial charge is 0.493 e. The van der Waals surface area contributed by atoms with Crippen molar-refractivity contribution < 1.29 is 24.2 Å². The van der Waals surface area contributed by atoms with E-state index in [4.69, 9.17) is 4.74 Å². The highest BCUT2D eigenvalue weighted by Gasteiger charge is 2.20. The van der Waals surface area contributed by atoms with Crippen LogP contribution >= 0.6 is 0 Å². The van der Waals surface area contributed by atoms with E-state index in [1.165, 1.54) is 0 Å². The van der Waals surface area contributed by atoms with Crippen molar-refractivity contribution in [2.75, 3.05) is 17.2 Å². The normalized spacial score (nSPS) is 11.2. The summed E-state index contributed by atoms with van der Waals surface area (Å²) in [5.41, 5.74) is 5.09. The molecule has 8 heteroatoms. The minimum absolute atomic E-state index is 0.125. The van der Waals surface area contributed by atoms with Gasteiger partial charge in [-0.05, 0) is 59.5 Å². The molecule has 0 spiro atoms. The van der Waals surface area contributed by atoms with E-state index in [-0.39, 0.29) is 24.8 Å². The van der Waals surface area contributed by atoms with Crippen LogP contribution in [0.4, 0.5) is 16.2 Å². The minimum atomic E-state index is -1.08. The van der Waals surface area contributed by atoms with Crippen LogP contribution in [0.25, 0.3) is 0 Å². The van der Waals surface area contributed by atoms with Crippen LogP contribution < -0.4 is 20.7 Å². The van der Waals surface area contributed by atoms with Gasteiger partial charge in [0.25, 0.3) is 0 Å². The monoisotopic (exact) mass is 551 g/mol. The van der Waals surface area contributed by atoms with Crippen LogP contribution in [0.15, 0.2) is 103 Å². The third kappa shape index (κ3) is 9.25. The molecule has 0 saturated heterocycles. The average molecular weight is 552 g/mol. The molecule has 8 nitrogen and oxygen atoms in total. The number of nitrogens with one attached hydrogen (secondary N) is 3. The van der Waals surface area contributed by atoms with Gasteiger partial charge in [-0.1, -0.05) is 72.8 Å². The number of para-hydroxylation sites is 1. The highest BCUT2D eigenvalue weighted by molar-refractivity contribution is 6.00. The number of urea groups is 1. The van der Waals surface area contributed by atoms with Crippen LogP contribution in [0.3, 0.4) is 0 Å². The molecule has 4 rings (SSSR count). The van der Waals surface area contributed by atoms with Gasteiger partial charge >= 0.3 is 12.0 Å². The molecule has 0 bridgehead atoms. The Kier molecular flexibility index (Phi) is 10.1. The van der Waals surface area contributed by atoms with E-state index in [9.17, 15) is 19.5 Å². The Balaban J connectivity index is 1.20. The van der Waals surface area contributed by atoms with E-state index in [1.54, 1.807) is 24.3 Å². The molecule has 0 aliphatic heterocycles. The summed E-state index contributed by atoms with van der Waals surface area (Å²) in [6.07, 6.45) is 0.964. The summed E-state index contributed by atoms with van der Waals surface area (Å²) >= 11 is 0. The number of carboxylic acid groups (broad SMARTS) is 1. The van der Waals surface area contributed by atoms with Gasteiger partial charge in [0.15, 0.2) is 0 Å². The lowest BCUT2D eigenvalue weighted by molar-refractivity contribution is -0.141.